The van der Waals surface area contributed by atoms with E-state index in [0.717, 1.165) is 43.6 Å². The van der Waals surface area contributed by atoms with Gasteiger partial charge in [-0.2, -0.15) is 0 Å². The van der Waals surface area contributed by atoms with Crippen LogP contribution in [0.1, 0.15) is 38.1 Å². The molecule has 0 aliphatic heterocycles. The van der Waals surface area contributed by atoms with Gasteiger partial charge in [0, 0.05) is 31.0 Å². The molecule has 0 aliphatic carbocycles. The van der Waals surface area contributed by atoms with Gasteiger partial charge in [-0.15, -0.1) is 0 Å². The van der Waals surface area contributed by atoms with Crippen molar-refractivity contribution < 1.29 is 4.74 Å². The molecule has 1 atom stereocenters. The van der Waals surface area contributed by atoms with Gasteiger partial charge in [-0.1, -0.05) is 20.3 Å². The van der Waals surface area contributed by atoms with Crippen LogP contribution in [-0.2, 0) is 17.6 Å². The van der Waals surface area contributed by atoms with Crippen LogP contribution in [0.25, 0.3) is 0 Å². The van der Waals surface area contributed by atoms with Gasteiger partial charge >= 0.3 is 0 Å². The highest BCUT2D eigenvalue weighted by atomic mass is 16.5. The summed E-state index contributed by atoms with van der Waals surface area (Å²) in [5.41, 5.74) is 2.23. The fourth-order valence-electron chi connectivity index (χ4n) is 1.94. The van der Waals surface area contributed by atoms with Crippen molar-refractivity contribution >= 4 is 0 Å². The van der Waals surface area contributed by atoms with E-state index in [0.29, 0.717) is 12.6 Å². The maximum absolute atomic E-state index is 5.25. The highest BCUT2D eigenvalue weighted by Crippen LogP contribution is 2.05. The van der Waals surface area contributed by atoms with E-state index in [1.165, 1.54) is 0 Å². The van der Waals surface area contributed by atoms with E-state index in [9.17, 15) is 0 Å². The highest BCUT2D eigenvalue weighted by Gasteiger charge is 2.10. The average molecular weight is 251 g/mol. The lowest BCUT2D eigenvalue weighted by atomic mass is 10.1. The van der Waals surface area contributed by atoms with Crippen LogP contribution in [0.15, 0.2) is 12.4 Å². The number of methoxy groups -OCH3 is 1. The third-order valence-electron chi connectivity index (χ3n) is 2.79. The van der Waals surface area contributed by atoms with Crippen molar-refractivity contribution in [3.05, 3.63) is 23.8 Å². The Labute approximate surface area is 110 Å². The molecule has 0 bridgehead atoms. The Hall–Kier alpha value is -1.00. The van der Waals surface area contributed by atoms with E-state index in [-0.39, 0.29) is 0 Å². The molecule has 18 heavy (non-hydrogen) atoms. The molecule has 0 fully saturated rings. The van der Waals surface area contributed by atoms with Crippen molar-refractivity contribution in [3.63, 3.8) is 0 Å². The molecule has 0 saturated heterocycles. The smallest absolute Gasteiger partial charge is 0.115 e. The molecule has 1 N–H and O–H groups in total. The standard InChI is InChI=1S/C14H25N3O/c1-4-6-12-8-13(17-11-16-12)9-14(10-18-3)15-7-5-2/h8,11,14-15H,4-7,9-10H2,1-3H3. The summed E-state index contributed by atoms with van der Waals surface area (Å²) in [5, 5.41) is 3.48. The fourth-order valence-corrected chi connectivity index (χ4v) is 1.94. The Morgan fingerprint density at radius 2 is 2.00 bits per heavy atom. The molecule has 0 amide bonds. The van der Waals surface area contributed by atoms with Gasteiger partial charge in [0.25, 0.3) is 0 Å². The lowest BCUT2D eigenvalue weighted by molar-refractivity contribution is 0.165. The molecule has 0 aromatic carbocycles. The fraction of sp³-hybridized carbons (Fsp3) is 0.714. The van der Waals surface area contributed by atoms with E-state index in [4.69, 9.17) is 4.74 Å². The minimum Gasteiger partial charge on any atom is -0.383 e. The van der Waals surface area contributed by atoms with Crippen molar-refractivity contribution in [2.24, 2.45) is 0 Å². The zero-order chi connectivity index (χ0) is 13.2. The molecule has 102 valence electrons. The van der Waals surface area contributed by atoms with Crippen molar-refractivity contribution in [3.8, 4) is 0 Å². The number of nitrogens with zero attached hydrogens (tertiary/aromatic N) is 2. The maximum Gasteiger partial charge on any atom is 0.115 e. The number of ether oxygens (including phenoxy) is 1. The van der Waals surface area contributed by atoms with Crippen LogP contribution in [0.4, 0.5) is 0 Å². The van der Waals surface area contributed by atoms with Gasteiger partial charge in [-0.3, -0.25) is 0 Å². The van der Waals surface area contributed by atoms with Crippen LogP contribution < -0.4 is 5.32 Å². The molecule has 1 heterocycles. The second-order valence-electron chi connectivity index (χ2n) is 4.56. The van der Waals surface area contributed by atoms with Crippen molar-refractivity contribution in [2.75, 3.05) is 20.3 Å². The molecule has 0 spiro atoms. The number of nitrogens with one attached hydrogen (secondary N) is 1. The predicted octanol–water partition coefficient (Wildman–Crippen LogP) is 1.99. The van der Waals surface area contributed by atoms with Gasteiger partial charge in [-0.05, 0) is 25.5 Å². The van der Waals surface area contributed by atoms with Gasteiger partial charge < -0.3 is 10.1 Å². The first-order chi connectivity index (χ1) is 8.80. The molecule has 4 nitrogen and oxygen atoms in total. The van der Waals surface area contributed by atoms with Gasteiger partial charge in [0.1, 0.15) is 6.33 Å². The summed E-state index contributed by atoms with van der Waals surface area (Å²) in [6.45, 7) is 6.06. The van der Waals surface area contributed by atoms with Crippen LogP contribution in [0.3, 0.4) is 0 Å². The summed E-state index contributed by atoms with van der Waals surface area (Å²) in [7, 11) is 1.74. The Balaban J connectivity index is 2.58. The number of aryl methyl sites for hydroxylation is 1. The zero-order valence-corrected chi connectivity index (χ0v) is 11.8. The molecular weight excluding hydrogens is 226 g/mol. The average Bonchev–Trinajstić information content (AvgIpc) is 2.37. The molecular formula is C14H25N3O. The lowest BCUT2D eigenvalue weighted by Crippen LogP contribution is -2.36. The number of hydrogen-bond donors (Lipinski definition) is 1. The Morgan fingerprint density at radius 1 is 1.22 bits per heavy atom. The summed E-state index contributed by atoms with van der Waals surface area (Å²) in [5.74, 6) is 0. The van der Waals surface area contributed by atoms with Crippen LogP contribution in [0, 0.1) is 0 Å². The van der Waals surface area contributed by atoms with Crippen LogP contribution in [0.2, 0.25) is 0 Å². The van der Waals surface area contributed by atoms with E-state index in [2.05, 4.69) is 35.2 Å². The van der Waals surface area contributed by atoms with Crippen molar-refractivity contribution in [1.29, 1.82) is 0 Å². The third kappa shape index (κ3) is 5.56. The quantitative estimate of drug-likeness (QED) is 0.729. The molecule has 1 rings (SSSR count). The molecule has 0 saturated carbocycles. The second kappa shape index (κ2) is 9.00. The summed E-state index contributed by atoms with van der Waals surface area (Å²) in [6.07, 6.45) is 5.83. The number of rotatable bonds is 9. The van der Waals surface area contributed by atoms with Gasteiger partial charge in [0.15, 0.2) is 0 Å². The third-order valence-corrected chi connectivity index (χ3v) is 2.79. The Bertz CT molecular complexity index is 331. The number of aromatic nitrogens is 2. The maximum atomic E-state index is 5.25. The summed E-state index contributed by atoms with van der Waals surface area (Å²) >= 11 is 0. The Kier molecular flexibility index (Phi) is 7.53. The molecule has 1 aromatic rings. The van der Waals surface area contributed by atoms with Crippen LogP contribution in [0.5, 0.6) is 0 Å². The normalized spacial score (nSPS) is 12.6. The highest BCUT2D eigenvalue weighted by molar-refractivity contribution is 5.09. The summed E-state index contributed by atoms with van der Waals surface area (Å²) in [4.78, 5) is 8.63. The largest absolute Gasteiger partial charge is 0.383 e. The van der Waals surface area contributed by atoms with E-state index >= 15 is 0 Å². The minimum atomic E-state index is 0.333. The minimum absolute atomic E-state index is 0.333. The zero-order valence-electron chi connectivity index (χ0n) is 11.8. The lowest BCUT2D eigenvalue weighted by Gasteiger charge is -2.17. The Morgan fingerprint density at radius 3 is 2.67 bits per heavy atom. The van der Waals surface area contributed by atoms with E-state index < -0.39 is 0 Å². The van der Waals surface area contributed by atoms with Crippen LogP contribution in [-0.4, -0.2) is 36.3 Å². The van der Waals surface area contributed by atoms with Gasteiger partial charge in [-0.25, -0.2) is 9.97 Å². The SMILES string of the molecule is CCCNC(COC)Cc1cc(CCC)ncn1. The summed E-state index contributed by atoms with van der Waals surface area (Å²) in [6, 6.07) is 2.44. The van der Waals surface area contributed by atoms with Crippen LogP contribution >= 0.6 is 0 Å². The van der Waals surface area contributed by atoms with Gasteiger partial charge in [0.2, 0.25) is 0 Å². The topological polar surface area (TPSA) is 47.0 Å². The monoisotopic (exact) mass is 251 g/mol. The molecule has 0 aliphatic rings. The molecule has 4 heteroatoms. The first kappa shape index (κ1) is 15.1. The molecule has 1 unspecified atom stereocenters. The number of hydrogen-bond acceptors (Lipinski definition) is 4. The molecule has 1 aromatic heterocycles. The second-order valence-corrected chi connectivity index (χ2v) is 4.56. The molecule has 0 radical (unpaired) electrons. The van der Waals surface area contributed by atoms with E-state index in [1.54, 1.807) is 13.4 Å². The first-order valence-electron chi connectivity index (χ1n) is 6.82. The van der Waals surface area contributed by atoms with Crippen molar-refractivity contribution in [1.82, 2.24) is 15.3 Å². The van der Waals surface area contributed by atoms with Gasteiger partial charge in [0.05, 0.1) is 6.61 Å². The summed E-state index contributed by atoms with van der Waals surface area (Å²) < 4.78 is 5.25. The first-order valence-corrected chi connectivity index (χ1v) is 6.82. The predicted molar refractivity (Wildman–Crippen MR) is 73.7 cm³/mol. The van der Waals surface area contributed by atoms with Crippen molar-refractivity contribution in [2.45, 2.75) is 45.6 Å². The van der Waals surface area contributed by atoms with E-state index in [1.807, 2.05) is 0 Å².